The molecule has 4 rings (SSSR count). The number of ether oxygens (including phenoxy) is 4. The van der Waals surface area contributed by atoms with E-state index in [4.69, 9.17) is 30.5 Å². The normalized spacial score (nSPS) is 11.9. The second-order valence-electron chi connectivity index (χ2n) is 7.49. The summed E-state index contributed by atoms with van der Waals surface area (Å²) < 4.78 is 22.5. The number of nitrogens with zero attached hydrogens (tertiary/aromatic N) is 1. The van der Waals surface area contributed by atoms with Gasteiger partial charge in [-0.3, -0.25) is 9.59 Å². The minimum Gasteiger partial charge on any atom is -0.493 e. The first-order valence-corrected chi connectivity index (χ1v) is 11.8. The van der Waals surface area contributed by atoms with Crippen LogP contribution in [0.25, 0.3) is 0 Å². The van der Waals surface area contributed by atoms with Crippen LogP contribution in [0.3, 0.4) is 0 Å². The van der Waals surface area contributed by atoms with Crippen LogP contribution in [-0.2, 0) is 11.4 Å². The molecule has 0 bridgehead atoms. The van der Waals surface area contributed by atoms with E-state index in [-0.39, 0.29) is 13.3 Å². The molecule has 186 valence electrons. The lowest BCUT2D eigenvalue weighted by Crippen LogP contribution is -2.34. The van der Waals surface area contributed by atoms with E-state index in [2.05, 4.69) is 31.8 Å². The van der Waals surface area contributed by atoms with E-state index in [1.807, 2.05) is 12.1 Å². The molecule has 1 aliphatic rings. The summed E-state index contributed by atoms with van der Waals surface area (Å²) in [6.45, 7) is 0.186. The van der Waals surface area contributed by atoms with Gasteiger partial charge in [-0.05, 0) is 69.5 Å². The number of amides is 2. The van der Waals surface area contributed by atoms with Crippen molar-refractivity contribution in [1.82, 2.24) is 10.7 Å². The van der Waals surface area contributed by atoms with Gasteiger partial charge in [0.05, 0.1) is 24.3 Å². The van der Waals surface area contributed by atoms with Gasteiger partial charge in [-0.25, -0.2) is 5.43 Å². The number of carbonyl (C=O) groups is 2. The first-order valence-electron chi connectivity index (χ1n) is 10.7. The van der Waals surface area contributed by atoms with Gasteiger partial charge in [0.2, 0.25) is 6.79 Å². The molecule has 2 amide bonds. The molecular formula is C25H21BrClN3O6. The summed E-state index contributed by atoms with van der Waals surface area (Å²) in [4.78, 5) is 24.4. The topological polar surface area (TPSA) is 107 Å². The van der Waals surface area contributed by atoms with Crippen LogP contribution in [0.2, 0.25) is 5.02 Å². The number of halogens is 2. The average Bonchev–Trinajstić information content (AvgIpc) is 3.35. The molecule has 0 spiro atoms. The molecule has 0 aliphatic carbocycles. The molecule has 1 aliphatic heterocycles. The number of hydrazone groups is 1. The van der Waals surface area contributed by atoms with Gasteiger partial charge >= 0.3 is 0 Å². The van der Waals surface area contributed by atoms with E-state index >= 15 is 0 Å². The molecule has 0 unspecified atom stereocenters. The van der Waals surface area contributed by atoms with Gasteiger partial charge in [-0.15, -0.1) is 0 Å². The summed E-state index contributed by atoms with van der Waals surface area (Å²) in [5.74, 6) is 1.16. The van der Waals surface area contributed by atoms with Gasteiger partial charge in [0.25, 0.3) is 11.8 Å². The number of rotatable bonds is 9. The Morgan fingerprint density at radius 1 is 1.11 bits per heavy atom. The van der Waals surface area contributed by atoms with Gasteiger partial charge in [0, 0.05) is 10.6 Å². The van der Waals surface area contributed by atoms with Crippen molar-refractivity contribution in [3.05, 3.63) is 80.8 Å². The Bertz CT molecular complexity index is 1300. The lowest BCUT2D eigenvalue weighted by Gasteiger charge is -2.13. The lowest BCUT2D eigenvalue weighted by atomic mass is 10.2. The highest BCUT2D eigenvalue weighted by molar-refractivity contribution is 9.10. The van der Waals surface area contributed by atoms with E-state index in [1.165, 1.54) is 13.3 Å². The molecule has 3 aromatic rings. The van der Waals surface area contributed by atoms with Crippen LogP contribution in [0.5, 0.6) is 23.0 Å². The summed E-state index contributed by atoms with van der Waals surface area (Å²) in [7, 11) is 1.53. The van der Waals surface area contributed by atoms with Crippen LogP contribution in [-0.4, -0.2) is 38.5 Å². The van der Waals surface area contributed by atoms with E-state index in [9.17, 15) is 9.59 Å². The molecule has 1 heterocycles. The molecule has 9 nitrogen and oxygen atoms in total. The zero-order valence-corrected chi connectivity index (χ0v) is 21.4. The molecule has 36 heavy (non-hydrogen) atoms. The summed E-state index contributed by atoms with van der Waals surface area (Å²) in [6.07, 6.45) is 1.45. The number of fused-ring (bicyclic) bond motifs is 1. The monoisotopic (exact) mass is 573 g/mol. The second kappa shape index (κ2) is 11.8. The highest BCUT2D eigenvalue weighted by Gasteiger charge is 2.16. The van der Waals surface area contributed by atoms with E-state index in [0.717, 1.165) is 5.56 Å². The predicted octanol–water partition coefficient (Wildman–Crippen LogP) is 4.30. The standard InChI is InChI=1S/C25H21BrClN3O6/c1-33-22-9-16(8-19(26)24(22)34-13-15-2-5-18(27)6-3-15)11-29-30-23(31)12-28-25(32)17-4-7-20-21(10-17)36-14-35-20/h2-11H,12-14H2,1H3,(H,28,32)(H,30,31). The van der Waals surface area contributed by atoms with Crippen molar-refractivity contribution in [2.24, 2.45) is 5.10 Å². The number of carbonyl (C=O) groups excluding carboxylic acids is 2. The van der Waals surface area contributed by atoms with Crippen LogP contribution in [0.1, 0.15) is 21.5 Å². The van der Waals surface area contributed by atoms with Gasteiger partial charge < -0.3 is 24.3 Å². The Balaban J connectivity index is 1.30. The molecule has 0 aromatic heterocycles. The number of benzene rings is 3. The predicted molar refractivity (Wildman–Crippen MR) is 137 cm³/mol. The number of hydrogen-bond donors (Lipinski definition) is 2. The highest BCUT2D eigenvalue weighted by Crippen LogP contribution is 2.37. The van der Waals surface area contributed by atoms with Crippen LogP contribution in [0, 0.1) is 0 Å². The zero-order valence-electron chi connectivity index (χ0n) is 19.0. The maximum atomic E-state index is 12.3. The van der Waals surface area contributed by atoms with E-state index in [1.54, 1.807) is 42.5 Å². The molecule has 2 N–H and O–H groups in total. The molecule has 0 radical (unpaired) electrons. The summed E-state index contributed by atoms with van der Waals surface area (Å²) in [5.41, 5.74) is 4.33. The third kappa shape index (κ3) is 6.46. The maximum absolute atomic E-state index is 12.3. The van der Waals surface area contributed by atoms with E-state index < -0.39 is 11.8 Å². The van der Waals surface area contributed by atoms with Crippen molar-refractivity contribution >= 4 is 45.6 Å². The van der Waals surface area contributed by atoms with Crippen LogP contribution < -0.4 is 29.7 Å². The maximum Gasteiger partial charge on any atom is 0.259 e. The van der Waals surface area contributed by atoms with Gasteiger partial charge in [0.1, 0.15) is 6.61 Å². The van der Waals surface area contributed by atoms with Crippen molar-refractivity contribution in [2.75, 3.05) is 20.4 Å². The summed E-state index contributed by atoms with van der Waals surface area (Å²) in [5, 5.41) is 7.13. The zero-order chi connectivity index (χ0) is 25.5. The van der Waals surface area contributed by atoms with Crippen molar-refractivity contribution in [1.29, 1.82) is 0 Å². The quantitative estimate of drug-likeness (QED) is 0.292. The molecule has 0 atom stereocenters. The fraction of sp³-hybridized carbons (Fsp3) is 0.160. The first-order chi connectivity index (χ1) is 17.4. The fourth-order valence-corrected chi connectivity index (χ4v) is 3.91. The van der Waals surface area contributed by atoms with Gasteiger partial charge in [0.15, 0.2) is 23.0 Å². The van der Waals surface area contributed by atoms with Gasteiger partial charge in [-0.1, -0.05) is 23.7 Å². The van der Waals surface area contributed by atoms with Crippen LogP contribution >= 0.6 is 27.5 Å². The smallest absolute Gasteiger partial charge is 0.259 e. The van der Waals surface area contributed by atoms with Crippen molar-refractivity contribution in [3.8, 4) is 23.0 Å². The van der Waals surface area contributed by atoms with Crippen molar-refractivity contribution < 1.29 is 28.5 Å². The fourth-order valence-electron chi connectivity index (χ4n) is 3.21. The van der Waals surface area contributed by atoms with Crippen molar-refractivity contribution in [3.63, 3.8) is 0 Å². The molecule has 11 heteroatoms. The Kier molecular flexibility index (Phi) is 8.29. The third-order valence-electron chi connectivity index (χ3n) is 5.00. The highest BCUT2D eigenvalue weighted by atomic mass is 79.9. The number of methoxy groups -OCH3 is 1. The van der Waals surface area contributed by atoms with Crippen LogP contribution in [0.15, 0.2) is 64.2 Å². The lowest BCUT2D eigenvalue weighted by molar-refractivity contribution is -0.120. The van der Waals surface area contributed by atoms with E-state index in [0.29, 0.717) is 50.2 Å². The summed E-state index contributed by atoms with van der Waals surface area (Å²) in [6, 6.07) is 15.6. The minimum atomic E-state index is -0.491. The van der Waals surface area contributed by atoms with Gasteiger partial charge in [-0.2, -0.15) is 5.10 Å². The Hall–Kier alpha value is -3.76. The SMILES string of the molecule is COc1cc(C=NNC(=O)CNC(=O)c2ccc3c(c2)OCO3)cc(Br)c1OCc1ccc(Cl)cc1. The number of nitrogens with one attached hydrogen (secondary N) is 2. The Labute approximate surface area is 220 Å². The summed E-state index contributed by atoms with van der Waals surface area (Å²) >= 11 is 9.41. The second-order valence-corrected chi connectivity index (χ2v) is 8.78. The number of hydrogen-bond acceptors (Lipinski definition) is 7. The Morgan fingerprint density at radius 2 is 1.89 bits per heavy atom. The van der Waals surface area contributed by atoms with Crippen molar-refractivity contribution in [2.45, 2.75) is 6.61 Å². The Morgan fingerprint density at radius 3 is 2.67 bits per heavy atom. The first kappa shape index (κ1) is 25.3. The molecule has 0 saturated carbocycles. The molecule has 0 fully saturated rings. The largest absolute Gasteiger partial charge is 0.493 e. The van der Waals surface area contributed by atoms with Crippen LogP contribution in [0.4, 0.5) is 0 Å². The molecule has 0 saturated heterocycles. The average molecular weight is 575 g/mol. The third-order valence-corrected chi connectivity index (χ3v) is 5.84. The minimum absolute atomic E-state index is 0.114. The molecule has 3 aromatic carbocycles. The molecular weight excluding hydrogens is 554 g/mol.